The van der Waals surface area contributed by atoms with E-state index in [4.69, 9.17) is 22.1 Å². The topological polar surface area (TPSA) is 55.5 Å². The standard InChI is InChI=1S/C9H12ClNO2/c1-13-5-8(11)6-3-2-4-7(10)9(6)12/h2-4,8,12H,5,11H2,1H3/t8-/m0/s1. The van der Waals surface area contributed by atoms with E-state index in [0.717, 1.165) is 0 Å². The Kier molecular flexibility index (Phi) is 3.54. The molecule has 1 aromatic rings. The molecule has 72 valence electrons. The minimum Gasteiger partial charge on any atom is -0.506 e. The molecule has 0 aliphatic carbocycles. The number of aromatic hydroxyl groups is 1. The third-order valence-electron chi connectivity index (χ3n) is 1.76. The van der Waals surface area contributed by atoms with E-state index in [2.05, 4.69) is 0 Å². The van der Waals surface area contributed by atoms with Gasteiger partial charge in [-0.1, -0.05) is 23.7 Å². The average molecular weight is 202 g/mol. The van der Waals surface area contributed by atoms with E-state index in [1.807, 2.05) is 0 Å². The molecule has 0 amide bonds. The summed E-state index contributed by atoms with van der Waals surface area (Å²) in [5, 5.41) is 9.84. The van der Waals surface area contributed by atoms with Crippen molar-refractivity contribution in [3.8, 4) is 5.75 Å². The number of ether oxygens (including phenoxy) is 1. The zero-order chi connectivity index (χ0) is 9.84. The number of hydrogen-bond donors (Lipinski definition) is 2. The number of phenols is 1. The van der Waals surface area contributed by atoms with Crippen molar-refractivity contribution in [2.24, 2.45) is 5.73 Å². The fourth-order valence-electron chi connectivity index (χ4n) is 1.10. The van der Waals surface area contributed by atoms with Gasteiger partial charge in [-0.2, -0.15) is 0 Å². The summed E-state index contributed by atoms with van der Waals surface area (Å²) in [7, 11) is 1.56. The summed E-state index contributed by atoms with van der Waals surface area (Å²) >= 11 is 5.71. The normalized spacial score (nSPS) is 12.8. The number of hydrogen-bond acceptors (Lipinski definition) is 3. The molecule has 1 aromatic carbocycles. The van der Waals surface area contributed by atoms with Crippen LogP contribution in [0.4, 0.5) is 0 Å². The van der Waals surface area contributed by atoms with Crippen LogP contribution in [0.3, 0.4) is 0 Å². The SMILES string of the molecule is COC[C@H](N)c1cccc(Cl)c1O. The Labute approximate surface area is 82.1 Å². The molecule has 0 unspecified atom stereocenters. The molecule has 0 saturated carbocycles. The maximum absolute atomic E-state index is 9.53. The summed E-state index contributed by atoms with van der Waals surface area (Å²) in [6.07, 6.45) is 0. The summed E-state index contributed by atoms with van der Waals surface area (Å²) in [4.78, 5) is 0. The Morgan fingerprint density at radius 1 is 1.62 bits per heavy atom. The molecule has 3 N–H and O–H groups in total. The van der Waals surface area contributed by atoms with Gasteiger partial charge in [-0.05, 0) is 6.07 Å². The Balaban J connectivity index is 2.93. The van der Waals surface area contributed by atoms with Gasteiger partial charge in [-0.25, -0.2) is 0 Å². The maximum Gasteiger partial charge on any atom is 0.139 e. The van der Waals surface area contributed by atoms with Crippen molar-refractivity contribution in [1.82, 2.24) is 0 Å². The molecule has 0 saturated heterocycles. The highest BCUT2D eigenvalue weighted by molar-refractivity contribution is 6.32. The Hall–Kier alpha value is -0.770. The van der Waals surface area contributed by atoms with Crippen molar-refractivity contribution >= 4 is 11.6 Å². The summed E-state index contributed by atoms with van der Waals surface area (Å²) < 4.78 is 4.87. The van der Waals surface area contributed by atoms with Gasteiger partial charge in [-0.15, -0.1) is 0 Å². The van der Waals surface area contributed by atoms with E-state index in [1.165, 1.54) is 0 Å². The highest BCUT2D eigenvalue weighted by atomic mass is 35.5. The number of phenolic OH excluding ortho intramolecular Hbond substituents is 1. The number of benzene rings is 1. The summed E-state index contributed by atoms with van der Waals surface area (Å²) in [5.41, 5.74) is 6.34. The lowest BCUT2D eigenvalue weighted by Crippen LogP contribution is -2.16. The first kappa shape index (κ1) is 10.3. The van der Waals surface area contributed by atoms with Gasteiger partial charge in [-0.3, -0.25) is 0 Å². The molecule has 0 aromatic heterocycles. The van der Waals surface area contributed by atoms with E-state index in [0.29, 0.717) is 17.2 Å². The van der Waals surface area contributed by atoms with Crippen LogP contribution in [0, 0.1) is 0 Å². The van der Waals surface area contributed by atoms with Crippen molar-refractivity contribution in [2.45, 2.75) is 6.04 Å². The lowest BCUT2D eigenvalue weighted by atomic mass is 10.1. The summed E-state index contributed by atoms with van der Waals surface area (Å²) in [6, 6.07) is 4.74. The third-order valence-corrected chi connectivity index (χ3v) is 2.07. The summed E-state index contributed by atoms with van der Waals surface area (Å²) in [6.45, 7) is 0.355. The number of methoxy groups -OCH3 is 1. The predicted octanol–water partition coefficient (Wildman–Crippen LogP) is 1.69. The van der Waals surface area contributed by atoms with E-state index >= 15 is 0 Å². The number of para-hydroxylation sites is 1. The molecular weight excluding hydrogens is 190 g/mol. The van der Waals surface area contributed by atoms with Gasteiger partial charge < -0.3 is 15.6 Å². The number of rotatable bonds is 3. The van der Waals surface area contributed by atoms with Crippen LogP contribution in [0.5, 0.6) is 5.75 Å². The molecule has 0 fully saturated rings. The lowest BCUT2D eigenvalue weighted by Gasteiger charge is -2.12. The zero-order valence-electron chi connectivity index (χ0n) is 7.33. The van der Waals surface area contributed by atoms with Crippen LogP contribution in [-0.2, 0) is 4.74 Å². The first-order valence-electron chi connectivity index (χ1n) is 3.88. The Bertz CT molecular complexity index is 291. The van der Waals surface area contributed by atoms with E-state index in [1.54, 1.807) is 25.3 Å². The smallest absolute Gasteiger partial charge is 0.139 e. The molecule has 13 heavy (non-hydrogen) atoms. The molecule has 0 aliphatic rings. The van der Waals surface area contributed by atoms with Crippen molar-refractivity contribution in [2.75, 3.05) is 13.7 Å². The minimum atomic E-state index is -0.344. The van der Waals surface area contributed by atoms with E-state index < -0.39 is 0 Å². The van der Waals surface area contributed by atoms with Crippen LogP contribution in [0.25, 0.3) is 0 Å². The first-order valence-corrected chi connectivity index (χ1v) is 4.26. The zero-order valence-corrected chi connectivity index (χ0v) is 8.08. The average Bonchev–Trinajstić information content (AvgIpc) is 2.10. The van der Waals surface area contributed by atoms with Crippen molar-refractivity contribution in [3.63, 3.8) is 0 Å². The van der Waals surface area contributed by atoms with Gasteiger partial charge in [0.1, 0.15) is 5.75 Å². The monoisotopic (exact) mass is 201 g/mol. The van der Waals surface area contributed by atoms with Gasteiger partial charge in [0.05, 0.1) is 17.7 Å². The molecule has 0 spiro atoms. The van der Waals surface area contributed by atoms with Gasteiger partial charge in [0.25, 0.3) is 0 Å². The van der Waals surface area contributed by atoms with Crippen LogP contribution < -0.4 is 5.73 Å². The largest absolute Gasteiger partial charge is 0.506 e. The van der Waals surface area contributed by atoms with E-state index in [-0.39, 0.29) is 11.8 Å². The summed E-state index contributed by atoms with van der Waals surface area (Å²) in [5.74, 6) is 0.0358. The molecule has 0 aliphatic heterocycles. The highest BCUT2D eigenvalue weighted by Gasteiger charge is 2.12. The molecular formula is C9H12ClNO2. The van der Waals surface area contributed by atoms with E-state index in [9.17, 15) is 5.11 Å². The first-order chi connectivity index (χ1) is 6.16. The van der Waals surface area contributed by atoms with Crippen molar-refractivity contribution in [1.29, 1.82) is 0 Å². The minimum absolute atomic E-state index is 0.0358. The predicted molar refractivity (Wildman–Crippen MR) is 51.9 cm³/mol. The van der Waals surface area contributed by atoms with Crippen molar-refractivity contribution < 1.29 is 9.84 Å². The van der Waals surface area contributed by atoms with Gasteiger partial charge >= 0.3 is 0 Å². The number of nitrogens with two attached hydrogens (primary N) is 1. The second kappa shape index (κ2) is 4.46. The molecule has 3 nitrogen and oxygen atoms in total. The molecule has 4 heteroatoms. The highest BCUT2D eigenvalue weighted by Crippen LogP contribution is 2.30. The molecule has 1 rings (SSSR count). The molecule has 0 bridgehead atoms. The molecule has 1 atom stereocenters. The maximum atomic E-state index is 9.53. The quantitative estimate of drug-likeness (QED) is 0.783. The van der Waals surface area contributed by atoms with Gasteiger partial charge in [0.2, 0.25) is 0 Å². The fraction of sp³-hybridized carbons (Fsp3) is 0.333. The number of halogens is 1. The van der Waals surface area contributed by atoms with Crippen LogP contribution >= 0.6 is 11.6 Å². The van der Waals surface area contributed by atoms with Crippen LogP contribution in [0.1, 0.15) is 11.6 Å². The van der Waals surface area contributed by atoms with Crippen LogP contribution in [0.15, 0.2) is 18.2 Å². The van der Waals surface area contributed by atoms with Crippen LogP contribution in [-0.4, -0.2) is 18.8 Å². The Morgan fingerprint density at radius 3 is 2.92 bits per heavy atom. The Morgan fingerprint density at radius 2 is 2.31 bits per heavy atom. The van der Waals surface area contributed by atoms with Gasteiger partial charge in [0.15, 0.2) is 0 Å². The second-order valence-electron chi connectivity index (χ2n) is 2.74. The van der Waals surface area contributed by atoms with Crippen molar-refractivity contribution in [3.05, 3.63) is 28.8 Å². The molecule has 0 radical (unpaired) electrons. The lowest BCUT2D eigenvalue weighted by molar-refractivity contribution is 0.180. The molecule has 0 heterocycles. The second-order valence-corrected chi connectivity index (χ2v) is 3.15. The fourth-order valence-corrected chi connectivity index (χ4v) is 1.28. The van der Waals surface area contributed by atoms with Gasteiger partial charge in [0, 0.05) is 12.7 Å². The van der Waals surface area contributed by atoms with Crippen LogP contribution in [0.2, 0.25) is 5.02 Å². The third kappa shape index (κ3) is 2.34.